The van der Waals surface area contributed by atoms with Gasteiger partial charge in [-0.05, 0) is 40.0 Å². The van der Waals surface area contributed by atoms with Crippen LogP contribution in [0.15, 0.2) is 0 Å². The Labute approximate surface area is 124 Å². The van der Waals surface area contributed by atoms with Crippen molar-refractivity contribution in [3.8, 4) is 6.01 Å². The molecule has 8 heteroatoms. The third-order valence-corrected chi connectivity index (χ3v) is 3.42. The summed E-state index contributed by atoms with van der Waals surface area (Å²) in [6, 6.07) is 0.249. The Balaban J connectivity index is 2.21. The summed E-state index contributed by atoms with van der Waals surface area (Å²) in [6.45, 7) is 7.14. The predicted octanol–water partition coefficient (Wildman–Crippen LogP) is 0.686. The number of nitrogens with zero attached hydrogens (tertiary/aromatic N) is 4. The Hall–Kier alpha value is -1.67. The molecule has 0 aromatic carbocycles. The fourth-order valence-corrected chi connectivity index (χ4v) is 2.28. The predicted molar refractivity (Wildman–Crippen MR) is 80.1 cm³/mol. The average molecular weight is 296 g/mol. The maximum Gasteiger partial charge on any atom is 0.323 e. The van der Waals surface area contributed by atoms with Gasteiger partial charge >= 0.3 is 6.01 Å². The summed E-state index contributed by atoms with van der Waals surface area (Å²) in [5.41, 5.74) is 1.80. The van der Waals surface area contributed by atoms with E-state index >= 15 is 0 Å². The van der Waals surface area contributed by atoms with Crippen molar-refractivity contribution in [3.63, 3.8) is 0 Å². The summed E-state index contributed by atoms with van der Waals surface area (Å²) in [5.74, 6) is 6.19. The summed E-state index contributed by atoms with van der Waals surface area (Å²) in [7, 11) is 0. The van der Waals surface area contributed by atoms with Crippen molar-refractivity contribution in [2.24, 2.45) is 5.84 Å². The number of aliphatic hydroxyl groups is 1. The molecule has 2 rings (SSSR count). The zero-order valence-electron chi connectivity index (χ0n) is 12.8. The van der Waals surface area contributed by atoms with Crippen LogP contribution >= 0.6 is 0 Å². The average Bonchev–Trinajstić information content (AvgIpc) is 2.58. The number of anilines is 2. The van der Waals surface area contributed by atoms with Gasteiger partial charge in [0.05, 0.1) is 11.7 Å². The van der Waals surface area contributed by atoms with Gasteiger partial charge in [0.2, 0.25) is 11.9 Å². The lowest BCUT2D eigenvalue weighted by Gasteiger charge is -2.23. The SMILES string of the molecule is CC(C)Oc1nc(NN)nc(N2CCCC(C)(O)CC2)n1. The molecular formula is C13H24N6O2. The van der Waals surface area contributed by atoms with E-state index in [0.29, 0.717) is 18.9 Å². The van der Waals surface area contributed by atoms with Gasteiger partial charge in [-0.25, -0.2) is 5.84 Å². The van der Waals surface area contributed by atoms with E-state index < -0.39 is 5.60 Å². The smallest absolute Gasteiger partial charge is 0.323 e. The Kier molecular flexibility index (Phi) is 4.79. The van der Waals surface area contributed by atoms with Gasteiger partial charge in [0.1, 0.15) is 0 Å². The van der Waals surface area contributed by atoms with Gasteiger partial charge in [-0.3, -0.25) is 5.43 Å². The Morgan fingerprint density at radius 2 is 2.05 bits per heavy atom. The van der Waals surface area contributed by atoms with E-state index in [0.717, 1.165) is 19.4 Å². The van der Waals surface area contributed by atoms with E-state index in [1.54, 1.807) is 0 Å². The molecule has 0 amide bonds. The molecule has 0 bridgehead atoms. The van der Waals surface area contributed by atoms with Crippen LogP contribution in [0.2, 0.25) is 0 Å². The summed E-state index contributed by atoms with van der Waals surface area (Å²) < 4.78 is 5.53. The second kappa shape index (κ2) is 6.40. The maximum atomic E-state index is 10.2. The lowest BCUT2D eigenvalue weighted by Crippen LogP contribution is -2.30. The highest BCUT2D eigenvalue weighted by atomic mass is 16.5. The number of rotatable bonds is 4. The molecule has 1 atom stereocenters. The molecule has 1 unspecified atom stereocenters. The third kappa shape index (κ3) is 4.40. The standard InChI is InChI=1S/C13H24N6O2/c1-9(2)21-12-16-10(18-14)15-11(17-12)19-7-4-5-13(3,20)6-8-19/h9,20H,4-8,14H2,1-3H3,(H,15,16,17,18). The van der Waals surface area contributed by atoms with Gasteiger partial charge in [-0.2, -0.15) is 15.0 Å². The minimum atomic E-state index is -0.631. The minimum Gasteiger partial charge on any atom is -0.461 e. The molecule has 1 fully saturated rings. The molecule has 8 nitrogen and oxygen atoms in total. The summed E-state index contributed by atoms with van der Waals surface area (Å²) in [6.07, 6.45) is 2.29. The third-order valence-electron chi connectivity index (χ3n) is 3.42. The first-order valence-electron chi connectivity index (χ1n) is 7.26. The molecular weight excluding hydrogens is 272 g/mol. The van der Waals surface area contributed by atoms with Gasteiger partial charge < -0.3 is 14.7 Å². The lowest BCUT2D eigenvalue weighted by atomic mass is 9.98. The van der Waals surface area contributed by atoms with Crippen LogP contribution in [0.4, 0.5) is 11.9 Å². The van der Waals surface area contributed by atoms with Crippen molar-refractivity contribution in [2.45, 2.75) is 51.7 Å². The van der Waals surface area contributed by atoms with E-state index in [1.807, 2.05) is 25.7 Å². The number of aromatic nitrogens is 3. The van der Waals surface area contributed by atoms with E-state index in [1.165, 1.54) is 0 Å². The van der Waals surface area contributed by atoms with E-state index in [-0.39, 0.29) is 18.1 Å². The number of ether oxygens (including phenoxy) is 1. The molecule has 1 aliphatic heterocycles. The van der Waals surface area contributed by atoms with E-state index in [9.17, 15) is 5.11 Å². The number of hydrogen-bond acceptors (Lipinski definition) is 8. The second-order valence-corrected chi connectivity index (χ2v) is 5.89. The summed E-state index contributed by atoms with van der Waals surface area (Å²) >= 11 is 0. The molecule has 118 valence electrons. The highest BCUT2D eigenvalue weighted by Gasteiger charge is 2.26. The van der Waals surface area contributed by atoms with Crippen molar-refractivity contribution in [3.05, 3.63) is 0 Å². The Morgan fingerprint density at radius 3 is 2.71 bits per heavy atom. The molecule has 1 saturated heterocycles. The largest absolute Gasteiger partial charge is 0.461 e. The van der Waals surface area contributed by atoms with Crippen LogP contribution in [0.5, 0.6) is 6.01 Å². The molecule has 0 spiro atoms. The van der Waals surface area contributed by atoms with Crippen molar-refractivity contribution in [1.29, 1.82) is 0 Å². The Bertz CT molecular complexity index is 480. The zero-order chi connectivity index (χ0) is 15.5. The molecule has 2 heterocycles. The van der Waals surface area contributed by atoms with Crippen molar-refractivity contribution >= 4 is 11.9 Å². The first-order chi connectivity index (χ1) is 9.89. The number of hydrogen-bond donors (Lipinski definition) is 3. The number of nitrogen functional groups attached to an aromatic ring is 1. The maximum absolute atomic E-state index is 10.2. The van der Waals surface area contributed by atoms with Gasteiger partial charge in [-0.15, -0.1) is 0 Å². The number of nitrogens with two attached hydrogens (primary N) is 1. The van der Waals surface area contributed by atoms with Crippen LogP contribution in [-0.2, 0) is 0 Å². The molecule has 4 N–H and O–H groups in total. The molecule has 0 radical (unpaired) electrons. The highest BCUT2D eigenvalue weighted by Crippen LogP contribution is 2.24. The Morgan fingerprint density at radius 1 is 1.29 bits per heavy atom. The first kappa shape index (κ1) is 15.7. The minimum absolute atomic E-state index is 0.0317. The van der Waals surface area contributed by atoms with E-state index in [2.05, 4.69) is 20.4 Å². The zero-order valence-corrected chi connectivity index (χ0v) is 12.8. The number of hydrazine groups is 1. The fraction of sp³-hybridized carbons (Fsp3) is 0.769. The molecule has 1 aromatic rings. The fourth-order valence-electron chi connectivity index (χ4n) is 2.28. The van der Waals surface area contributed by atoms with Crippen LogP contribution in [0.25, 0.3) is 0 Å². The molecule has 0 aliphatic carbocycles. The van der Waals surface area contributed by atoms with Crippen LogP contribution in [0, 0.1) is 0 Å². The highest BCUT2D eigenvalue weighted by molar-refractivity contribution is 5.38. The van der Waals surface area contributed by atoms with Crippen LogP contribution in [0.1, 0.15) is 40.0 Å². The summed E-state index contributed by atoms with van der Waals surface area (Å²) in [5, 5.41) is 10.2. The molecule has 0 saturated carbocycles. The van der Waals surface area contributed by atoms with Crippen LogP contribution in [0.3, 0.4) is 0 Å². The number of nitrogens with one attached hydrogen (secondary N) is 1. The topological polar surface area (TPSA) is 109 Å². The first-order valence-corrected chi connectivity index (χ1v) is 7.26. The van der Waals surface area contributed by atoms with Gasteiger partial charge in [-0.1, -0.05) is 0 Å². The molecule has 21 heavy (non-hydrogen) atoms. The van der Waals surface area contributed by atoms with Crippen molar-refractivity contribution in [1.82, 2.24) is 15.0 Å². The lowest BCUT2D eigenvalue weighted by molar-refractivity contribution is 0.0481. The van der Waals surface area contributed by atoms with Gasteiger partial charge in [0, 0.05) is 13.1 Å². The molecule has 1 aromatic heterocycles. The van der Waals surface area contributed by atoms with Crippen LogP contribution < -0.4 is 20.9 Å². The van der Waals surface area contributed by atoms with Gasteiger partial charge in [0.25, 0.3) is 0 Å². The molecule has 1 aliphatic rings. The monoisotopic (exact) mass is 296 g/mol. The quantitative estimate of drug-likeness (QED) is 0.550. The normalized spacial score (nSPS) is 23.0. The van der Waals surface area contributed by atoms with Gasteiger partial charge in [0.15, 0.2) is 0 Å². The second-order valence-electron chi connectivity index (χ2n) is 5.89. The van der Waals surface area contributed by atoms with Crippen molar-refractivity contribution in [2.75, 3.05) is 23.4 Å². The summed E-state index contributed by atoms with van der Waals surface area (Å²) in [4.78, 5) is 14.7. The van der Waals surface area contributed by atoms with Crippen molar-refractivity contribution < 1.29 is 9.84 Å². The van der Waals surface area contributed by atoms with Crippen LogP contribution in [-0.4, -0.2) is 44.9 Å². The van der Waals surface area contributed by atoms with E-state index in [4.69, 9.17) is 10.6 Å².